The van der Waals surface area contributed by atoms with Gasteiger partial charge in [0, 0.05) is 18.8 Å². The van der Waals surface area contributed by atoms with Crippen LogP contribution in [0.2, 0.25) is 0 Å². The summed E-state index contributed by atoms with van der Waals surface area (Å²) in [6, 6.07) is 5.69. The van der Waals surface area contributed by atoms with Gasteiger partial charge >= 0.3 is 5.97 Å². The van der Waals surface area contributed by atoms with Gasteiger partial charge in [0.1, 0.15) is 11.9 Å². The van der Waals surface area contributed by atoms with Crippen LogP contribution in [-0.4, -0.2) is 57.9 Å². The number of hydrogen-bond donors (Lipinski definition) is 2. The minimum Gasteiger partial charge on any atom is -0.481 e. The van der Waals surface area contributed by atoms with E-state index in [1.807, 2.05) is 0 Å². The maximum atomic E-state index is 13.8. The first-order valence-electron chi connectivity index (χ1n) is 8.62. The Bertz CT molecular complexity index is 714. The summed E-state index contributed by atoms with van der Waals surface area (Å²) < 4.78 is 13.8. The summed E-state index contributed by atoms with van der Waals surface area (Å²) in [5, 5.41) is 11.4. The Balaban J connectivity index is 1.58. The predicted molar refractivity (Wildman–Crippen MR) is 95.2 cm³/mol. The molecule has 0 saturated carbocycles. The molecule has 1 aromatic rings. The average molecular weight is 380 g/mol. The van der Waals surface area contributed by atoms with Gasteiger partial charge in [-0.15, -0.1) is 11.8 Å². The Labute approximate surface area is 155 Å². The van der Waals surface area contributed by atoms with Crippen molar-refractivity contribution in [3.05, 3.63) is 35.6 Å². The minimum atomic E-state index is -0.894. The second-order valence-electron chi connectivity index (χ2n) is 6.64. The molecule has 2 saturated heterocycles. The lowest BCUT2D eigenvalue weighted by Gasteiger charge is -2.35. The Hall–Kier alpha value is -2.09. The third-order valence-electron chi connectivity index (χ3n) is 4.82. The summed E-state index contributed by atoms with van der Waals surface area (Å²) in [6.45, 7) is 0.697. The average Bonchev–Trinajstić information content (AvgIpc) is 2.64. The van der Waals surface area contributed by atoms with Crippen LogP contribution in [0.25, 0.3) is 0 Å². The number of rotatable bonds is 4. The SMILES string of the molecule is O=C(O)C1CCCN(C(=O)C2CSC(Cc3ccccc3F)C(=O)N2)C1. The smallest absolute Gasteiger partial charge is 0.308 e. The molecule has 3 unspecified atom stereocenters. The molecule has 2 fully saturated rings. The summed E-state index contributed by atoms with van der Waals surface area (Å²) in [6.07, 6.45) is 1.48. The van der Waals surface area contributed by atoms with Gasteiger partial charge in [0.15, 0.2) is 0 Å². The number of benzene rings is 1. The number of amides is 2. The first-order valence-corrected chi connectivity index (χ1v) is 9.67. The lowest BCUT2D eigenvalue weighted by molar-refractivity contribution is -0.146. The highest BCUT2D eigenvalue weighted by atomic mass is 32.2. The van der Waals surface area contributed by atoms with Crippen LogP contribution in [0.1, 0.15) is 18.4 Å². The Kier molecular flexibility index (Phi) is 5.80. The van der Waals surface area contributed by atoms with Crippen molar-refractivity contribution in [2.45, 2.75) is 30.6 Å². The Morgan fingerprint density at radius 3 is 2.81 bits per heavy atom. The first-order chi connectivity index (χ1) is 12.5. The summed E-state index contributed by atoms with van der Waals surface area (Å²) in [5.41, 5.74) is 0.477. The number of piperidine rings is 1. The van der Waals surface area contributed by atoms with Crippen LogP contribution in [0.5, 0.6) is 0 Å². The number of nitrogens with zero attached hydrogens (tertiary/aromatic N) is 1. The topological polar surface area (TPSA) is 86.7 Å². The van der Waals surface area contributed by atoms with Gasteiger partial charge in [0.25, 0.3) is 0 Å². The van der Waals surface area contributed by atoms with Crippen LogP contribution in [0.15, 0.2) is 24.3 Å². The van der Waals surface area contributed by atoms with Crippen LogP contribution in [-0.2, 0) is 20.8 Å². The molecule has 6 nitrogen and oxygen atoms in total. The quantitative estimate of drug-likeness (QED) is 0.822. The van der Waals surface area contributed by atoms with Crippen molar-refractivity contribution in [2.75, 3.05) is 18.8 Å². The number of carboxylic acids is 1. The van der Waals surface area contributed by atoms with Crippen molar-refractivity contribution in [3.8, 4) is 0 Å². The molecule has 140 valence electrons. The first kappa shape index (κ1) is 18.7. The highest BCUT2D eigenvalue weighted by Gasteiger charge is 2.37. The van der Waals surface area contributed by atoms with E-state index in [0.29, 0.717) is 30.7 Å². The zero-order chi connectivity index (χ0) is 18.7. The number of carbonyl (C=O) groups excluding carboxylic acids is 2. The summed E-state index contributed by atoms with van der Waals surface area (Å²) in [7, 11) is 0. The van der Waals surface area contributed by atoms with Crippen LogP contribution in [0.4, 0.5) is 4.39 Å². The van der Waals surface area contributed by atoms with Crippen LogP contribution >= 0.6 is 11.8 Å². The summed E-state index contributed by atoms with van der Waals surface area (Å²) >= 11 is 1.34. The maximum absolute atomic E-state index is 13.8. The molecule has 3 rings (SSSR count). The molecular weight excluding hydrogens is 359 g/mol. The fraction of sp³-hybridized carbons (Fsp3) is 0.500. The number of halogens is 1. The molecule has 2 aliphatic rings. The van der Waals surface area contributed by atoms with Crippen molar-refractivity contribution >= 4 is 29.5 Å². The van der Waals surface area contributed by atoms with Crippen LogP contribution < -0.4 is 5.32 Å². The molecule has 0 aromatic heterocycles. The Morgan fingerprint density at radius 2 is 2.12 bits per heavy atom. The number of carboxylic acid groups (broad SMARTS) is 1. The van der Waals surface area contributed by atoms with Gasteiger partial charge in [-0.1, -0.05) is 18.2 Å². The van der Waals surface area contributed by atoms with Crippen molar-refractivity contribution in [1.82, 2.24) is 10.2 Å². The highest BCUT2D eigenvalue weighted by molar-refractivity contribution is 8.00. The van der Waals surface area contributed by atoms with Gasteiger partial charge in [-0.3, -0.25) is 14.4 Å². The number of carbonyl (C=O) groups is 3. The molecule has 0 radical (unpaired) electrons. The van der Waals surface area contributed by atoms with Gasteiger partial charge in [0.05, 0.1) is 11.2 Å². The zero-order valence-electron chi connectivity index (χ0n) is 14.2. The Morgan fingerprint density at radius 1 is 1.35 bits per heavy atom. The van der Waals surface area contributed by atoms with Gasteiger partial charge in [-0.05, 0) is 30.9 Å². The second kappa shape index (κ2) is 8.07. The number of thioether (sulfide) groups is 1. The normalized spacial score (nSPS) is 26.3. The third kappa shape index (κ3) is 4.17. The minimum absolute atomic E-state index is 0.184. The maximum Gasteiger partial charge on any atom is 0.308 e. The fourth-order valence-electron chi connectivity index (χ4n) is 3.34. The largest absolute Gasteiger partial charge is 0.481 e. The fourth-order valence-corrected chi connectivity index (χ4v) is 4.51. The van der Waals surface area contributed by atoms with Crippen molar-refractivity contribution in [1.29, 1.82) is 0 Å². The standard InChI is InChI=1S/C18H21FN2O4S/c19-13-6-2-1-4-11(13)8-15-16(22)20-14(10-26-15)17(23)21-7-3-5-12(9-21)18(24)25/h1-2,4,6,12,14-15H,3,5,7-10H2,(H,20,22)(H,24,25). The monoisotopic (exact) mass is 380 g/mol. The van der Waals surface area contributed by atoms with Crippen molar-refractivity contribution < 1.29 is 23.9 Å². The second-order valence-corrected chi connectivity index (χ2v) is 7.88. The van der Waals surface area contributed by atoms with Gasteiger partial charge in [0.2, 0.25) is 11.8 Å². The summed E-state index contributed by atoms with van der Waals surface area (Å²) in [5.74, 6) is -1.90. The van der Waals surface area contributed by atoms with E-state index in [-0.39, 0.29) is 30.6 Å². The highest BCUT2D eigenvalue weighted by Crippen LogP contribution is 2.25. The molecule has 2 aliphatic heterocycles. The van der Waals surface area contributed by atoms with Gasteiger partial charge < -0.3 is 15.3 Å². The summed E-state index contributed by atoms with van der Waals surface area (Å²) in [4.78, 5) is 37.7. The molecule has 26 heavy (non-hydrogen) atoms. The van der Waals surface area contributed by atoms with E-state index in [1.165, 1.54) is 22.7 Å². The molecule has 3 atom stereocenters. The molecule has 0 spiro atoms. The molecule has 2 heterocycles. The number of nitrogens with one attached hydrogen (secondary N) is 1. The van der Waals surface area contributed by atoms with E-state index in [2.05, 4.69) is 5.32 Å². The molecule has 2 amide bonds. The predicted octanol–water partition coefficient (Wildman–Crippen LogP) is 1.29. The number of likely N-dealkylation sites (tertiary alicyclic amines) is 1. The van der Waals surface area contributed by atoms with Crippen molar-refractivity contribution in [2.24, 2.45) is 5.92 Å². The van der Waals surface area contributed by atoms with Gasteiger partial charge in [-0.25, -0.2) is 4.39 Å². The van der Waals surface area contributed by atoms with Crippen LogP contribution in [0, 0.1) is 11.7 Å². The lowest BCUT2D eigenvalue weighted by atomic mass is 9.98. The molecule has 8 heteroatoms. The molecular formula is C18H21FN2O4S. The van der Waals surface area contributed by atoms with E-state index in [1.54, 1.807) is 18.2 Å². The molecule has 0 aliphatic carbocycles. The molecule has 1 aromatic carbocycles. The number of hydrogen-bond acceptors (Lipinski definition) is 4. The van der Waals surface area contributed by atoms with E-state index in [0.717, 1.165) is 0 Å². The van der Waals surface area contributed by atoms with E-state index in [4.69, 9.17) is 5.11 Å². The van der Waals surface area contributed by atoms with Crippen molar-refractivity contribution in [3.63, 3.8) is 0 Å². The molecule has 0 bridgehead atoms. The van der Waals surface area contributed by atoms with Gasteiger partial charge in [-0.2, -0.15) is 0 Å². The third-order valence-corrected chi connectivity index (χ3v) is 6.13. The van der Waals surface area contributed by atoms with Crippen LogP contribution in [0.3, 0.4) is 0 Å². The van der Waals surface area contributed by atoms with E-state index < -0.39 is 23.2 Å². The van der Waals surface area contributed by atoms with E-state index >= 15 is 0 Å². The zero-order valence-corrected chi connectivity index (χ0v) is 15.0. The van der Waals surface area contributed by atoms with E-state index in [9.17, 15) is 18.8 Å². The molecule has 2 N–H and O–H groups in total. The lowest BCUT2D eigenvalue weighted by Crippen LogP contribution is -2.57. The number of aliphatic carboxylic acids is 1.